The highest BCUT2D eigenvalue weighted by atomic mass is 16.6. The second-order valence-corrected chi connectivity index (χ2v) is 2.79. The van der Waals surface area contributed by atoms with Crippen LogP contribution in [0.3, 0.4) is 0 Å². The minimum Gasteiger partial charge on any atom is -0.393 e. The standard InChI is InChI=1S/C7H6N4O3/c8-3-1-4-5(10-7(12)9-4)2-6(3)11(13)14/h1-2H,8H2,(H2,9,10,12). The molecule has 0 aliphatic rings. The van der Waals surface area contributed by atoms with E-state index < -0.39 is 10.6 Å². The van der Waals surface area contributed by atoms with Gasteiger partial charge in [0.05, 0.1) is 16.0 Å². The third-order valence-electron chi connectivity index (χ3n) is 1.86. The first-order valence-electron chi connectivity index (χ1n) is 3.74. The number of aromatic nitrogens is 2. The summed E-state index contributed by atoms with van der Waals surface area (Å²) in [5.41, 5.74) is 5.64. The Kier molecular flexibility index (Phi) is 1.53. The zero-order valence-electron chi connectivity index (χ0n) is 6.90. The molecule has 0 bridgehead atoms. The van der Waals surface area contributed by atoms with Gasteiger partial charge >= 0.3 is 5.69 Å². The summed E-state index contributed by atoms with van der Waals surface area (Å²) in [6.07, 6.45) is 0. The van der Waals surface area contributed by atoms with Crippen molar-refractivity contribution in [3.05, 3.63) is 32.7 Å². The van der Waals surface area contributed by atoms with E-state index in [1.165, 1.54) is 12.1 Å². The minimum absolute atomic E-state index is 0.0257. The van der Waals surface area contributed by atoms with Crippen LogP contribution in [0.2, 0.25) is 0 Å². The van der Waals surface area contributed by atoms with Gasteiger partial charge in [-0.15, -0.1) is 0 Å². The topological polar surface area (TPSA) is 118 Å². The largest absolute Gasteiger partial charge is 0.393 e. The molecule has 7 heteroatoms. The van der Waals surface area contributed by atoms with Crippen molar-refractivity contribution in [1.29, 1.82) is 0 Å². The summed E-state index contributed by atoms with van der Waals surface area (Å²) in [5.74, 6) is 0. The van der Waals surface area contributed by atoms with Gasteiger partial charge in [0, 0.05) is 6.07 Å². The maximum absolute atomic E-state index is 10.9. The molecule has 0 fully saturated rings. The highest BCUT2D eigenvalue weighted by molar-refractivity contribution is 5.83. The Morgan fingerprint density at radius 3 is 2.43 bits per heavy atom. The summed E-state index contributed by atoms with van der Waals surface area (Å²) in [6, 6.07) is 2.58. The molecule has 0 aliphatic carbocycles. The molecule has 2 aromatic rings. The Morgan fingerprint density at radius 1 is 1.29 bits per heavy atom. The summed E-state index contributed by atoms with van der Waals surface area (Å²) in [5, 5.41) is 10.5. The third-order valence-corrected chi connectivity index (χ3v) is 1.86. The van der Waals surface area contributed by atoms with Crippen LogP contribution in [-0.2, 0) is 0 Å². The van der Waals surface area contributed by atoms with Crippen molar-refractivity contribution < 1.29 is 4.92 Å². The molecule has 0 saturated carbocycles. The van der Waals surface area contributed by atoms with Crippen LogP contribution in [0.25, 0.3) is 11.0 Å². The number of anilines is 1. The molecular weight excluding hydrogens is 188 g/mol. The third kappa shape index (κ3) is 1.11. The SMILES string of the molecule is Nc1cc2[nH]c(=O)[nH]c2cc1[N+](=O)[O-]. The summed E-state index contributed by atoms with van der Waals surface area (Å²) in [6.45, 7) is 0. The van der Waals surface area contributed by atoms with E-state index in [2.05, 4.69) is 9.97 Å². The molecule has 0 spiro atoms. The minimum atomic E-state index is -0.597. The van der Waals surface area contributed by atoms with E-state index in [1.54, 1.807) is 0 Å². The van der Waals surface area contributed by atoms with Crippen molar-refractivity contribution in [2.45, 2.75) is 0 Å². The molecule has 0 saturated heterocycles. The second-order valence-electron chi connectivity index (χ2n) is 2.79. The summed E-state index contributed by atoms with van der Waals surface area (Å²) in [7, 11) is 0. The van der Waals surface area contributed by atoms with Crippen LogP contribution in [0.5, 0.6) is 0 Å². The van der Waals surface area contributed by atoms with Crippen molar-refractivity contribution in [1.82, 2.24) is 9.97 Å². The molecule has 1 aromatic heterocycles. The fourth-order valence-corrected chi connectivity index (χ4v) is 1.25. The molecule has 0 unspecified atom stereocenters. The van der Waals surface area contributed by atoms with E-state index in [-0.39, 0.29) is 11.4 Å². The van der Waals surface area contributed by atoms with Gasteiger partial charge in [-0.3, -0.25) is 10.1 Å². The maximum atomic E-state index is 10.9. The van der Waals surface area contributed by atoms with Gasteiger partial charge in [-0.2, -0.15) is 0 Å². The molecule has 0 amide bonds. The van der Waals surface area contributed by atoms with Crippen LogP contribution in [0.4, 0.5) is 11.4 Å². The van der Waals surface area contributed by atoms with Crippen molar-refractivity contribution in [2.24, 2.45) is 0 Å². The van der Waals surface area contributed by atoms with E-state index >= 15 is 0 Å². The molecule has 4 N–H and O–H groups in total. The Labute approximate surface area is 76.7 Å². The first-order valence-corrected chi connectivity index (χ1v) is 3.74. The molecule has 7 nitrogen and oxygen atoms in total. The average Bonchev–Trinajstić information content (AvgIpc) is 2.42. The van der Waals surface area contributed by atoms with Crippen molar-refractivity contribution in [3.63, 3.8) is 0 Å². The van der Waals surface area contributed by atoms with E-state index in [0.717, 1.165) is 0 Å². The highest BCUT2D eigenvalue weighted by Gasteiger charge is 2.13. The van der Waals surface area contributed by atoms with E-state index in [9.17, 15) is 14.9 Å². The average molecular weight is 194 g/mol. The number of nitro benzene ring substituents is 1. The Bertz CT molecular complexity index is 568. The number of nitro groups is 1. The summed E-state index contributed by atoms with van der Waals surface area (Å²) in [4.78, 5) is 25.6. The van der Waals surface area contributed by atoms with Crippen LogP contribution in [0, 0.1) is 10.1 Å². The van der Waals surface area contributed by atoms with Crippen LogP contribution < -0.4 is 11.4 Å². The first-order chi connectivity index (χ1) is 6.58. The molecule has 0 aliphatic heterocycles. The molecule has 14 heavy (non-hydrogen) atoms. The molecule has 1 heterocycles. The molecule has 0 radical (unpaired) electrons. The predicted octanol–water partition coefficient (Wildman–Crippen LogP) is 0.347. The number of aromatic amines is 2. The first kappa shape index (κ1) is 8.30. The van der Waals surface area contributed by atoms with Gasteiger partial charge in [0.25, 0.3) is 5.69 Å². The normalized spacial score (nSPS) is 10.6. The number of imidazole rings is 1. The van der Waals surface area contributed by atoms with Crippen LogP contribution in [0.15, 0.2) is 16.9 Å². The van der Waals surface area contributed by atoms with Crippen LogP contribution in [0.1, 0.15) is 0 Å². The number of nitrogens with two attached hydrogens (primary N) is 1. The molecular formula is C7H6N4O3. The van der Waals surface area contributed by atoms with Crippen LogP contribution >= 0.6 is 0 Å². The van der Waals surface area contributed by atoms with Crippen molar-refractivity contribution >= 4 is 22.4 Å². The zero-order valence-corrected chi connectivity index (χ0v) is 6.90. The number of nitrogens with zero attached hydrogens (tertiary/aromatic N) is 1. The summed E-state index contributed by atoms with van der Waals surface area (Å²) >= 11 is 0. The molecule has 2 rings (SSSR count). The lowest BCUT2D eigenvalue weighted by Gasteiger charge is -1.95. The van der Waals surface area contributed by atoms with Crippen LogP contribution in [-0.4, -0.2) is 14.9 Å². The van der Waals surface area contributed by atoms with Gasteiger partial charge in [-0.25, -0.2) is 4.79 Å². The smallest absolute Gasteiger partial charge is 0.323 e. The van der Waals surface area contributed by atoms with E-state index in [1.807, 2.05) is 0 Å². The number of fused-ring (bicyclic) bond motifs is 1. The fraction of sp³-hybridized carbons (Fsp3) is 0. The quantitative estimate of drug-likeness (QED) is 0.344. The second kappa shape index (κ2) is 2.59. The Morgan fingerprint density at radius 2 is 1.86 bits per heavy atom. The number of hydrogen-bond donors (Lipinski definition) is 3. The number of nitrogens with one attached hydrogen (secondary N) is 2. The van der Waals surface area contributed by atoms with E-state index in [4.69, 9.17) is 5.73 Å². The number of nitrogen functional groups attached to an aromatic ring is 1. The fourth-order valence-electron chi connectivity index (χ4n) is 1.25. The van der Waals surface area contributed by atoms with Gasteiger partial charge < -0.3 is 15.7 Å². The number of hydrogen-bond acceptors (Lipinski definition) is 4. The number of rotatable bonds is 1. The van der Waals surface area contributed by atoms with Gasteiger partial charge in [-0.05, 0) is 6.07 Å². The van der Waals surface area contributed by atoms with Crippen molar-refractivity contribution in [2.75, 3.05) is 5.73 Å². The lowest BCUT2D eigenvalue weighted by atomic mass is 10.2. The Hall–Kier alpha value is -2.31. The lowest BCUT2D eigenvalue weighted by molar-refractivity contribution is -0.383. The monoisotopic (exact) mass is 194 g/mol. The highest BCUT2D eigenvalue weighted by Crippen LogP contribution is 2.24. The summed E-state index contributed by atoms with van der Waals surface area (Å²) < 4.78 is 0. The van der Waals surface area contributed by atoms with Gasteiger partial charge in [0.2, 0.25) is 0 Å². The maximum Gasteiger partial charge on any atom is 0.323 e. The molecule has 0 atom stereocenters. The van der Waals surface area contributed by atoms with Gasteiger partial charge in [0.15, 0.2) is 0 Å². The lowest BCUT2D eigenvalue weighted by Crippen LogP contribution is -1.99. The molecule has 1 aromatic carbocycles. The van der Waals surface area contributed by atoms with Gasteiger partial charge in [-0.1, -0.05) is 0 Å². The zero-order chi connectivity index (χ0) is 10.3. The van der Waals surface area contributed by atoms with Crippen molar-refractivity contribution in [3.8, 4) is 0 Å². The number of benzene rings is 1. The van der Waals surface area contributed by atoms with E-state index in [0.29, 0.717) is 11.0 Å². The predicted molar refractivity (Wildman–Crippen MR) is 50.0 cm³/mol. The number of H-pyrrole nitrogens is 2. The molecule has 72 valence electrons. The van der Waals surface area contributed by atoms with Gasteiger partial charge in [0.1, 0.15) is 5.69 Å². The Balaban J connectivity index is 2.82.